The van der Waals surface area contributed by atoms with Crippen LogP contribution in [0, 0.1) is 5.92 Å². The molecular weight excluding hydrogens is 523 g/mol. The first-order valence-corrected chi connectivity index (χ1v) is 12.0. The van der Waals surface area contributed by atoms with Crippen LogP contribution in [0.2, 0.25) is 0 Å². The van der Waals surface area contributed by atoms with Crippen molar-refractivity contribution in [3.63, 3.8) is 0 Å². The van der Waals surface area contributed by atoms with E-state index < -0.39 is 29.8 Å². The van der Waals surface area contributed by atoms with Gasteiger partial charge in [-0.25, -0.2) is 0 Å². The van der Waals surface area contributed by atoms with E-state index in [1.54, 1.807) is 16.8 Å². The minimum Gasteiger partial charge on any atom is -0.406 e. The van der Waals surface area contributed by atoms with Crippen molar-refractivity contribution in [3.05, 3.63) is 59.5 Å². The topological polar surface area (TPSA) is 164 Å². The van der Waals surface area contributed by atoms with Gasteiger partial charge >= 0.3 is 6.36 Å². The number of aliphatic hydroxyl groups excluding tert-OH is 2. The number of aryl methyl sites for hydroxylation is 2. The fourth-order valence-electron chi connectivity index (χ4n) is 3.39. The van der Waals surface area contributed by atoms with Gasteiger partial charge in [0.15, 0.2) is 11.5 Å². The number of aliphatic hydroxyl groups is 2. The molecule has 210 valence electrons. The summed E-state index contributed by atoms with van der Waals surface area (Å²) < 4.78 is 42.5. The number of aromatic nitrogens is 5. The smallest absolute Gasteiger partial charge is 0.406 e. The van der Waals surface area contributed by atoms with Crippen LogP contribution >= 0.6 is 0 Å². The van der Waals surface area contributed by atoms with Crippen LogP contribution in [-0.2, 0) is 24.2 Å². The SMILES string of the molecule is O=C(Cc1cccc(OC(F)(F)F)c1)Nc1ccc(CCCCn2cc(C(=O)NCC(CO)CO)nn2)nn1. The molecule has 0 saturated carbocycles. The van der Waals surface area contributed by atoms with Crippen molar-refractivity contribution in [1.82, 2.24) is 30.5 Å². The maximum absolute atomic E-state index is 12.4. The first-order valence-electron chi connectivity index (χ1n) is 12.0. The fourth-order valence-corrected chi connectivity index (χ4v) is 3.39. The number of benzene rings is 1. The average molecular weight is 552 g/mol. The van der Waals surface area contributed by atoms with E-state index in [1.807, 2.05) is 0 Å². The van der Waals surface area contributed by atoms with Crippen molar-refractivity contribution >= 4 is 17.6 Å². The summed E-state index contributed by atoms with van der Waals surface area (Å²) in [5, 5.41) is 39.0. The number of nitrogens with one attached hydrogen (secondary N) is 2. The van der Waals surface area contributed by atoms with Crippen LogP contribution in [0.4, 0.5) is 19.0 Å². The summed E-state index contributed by atoms with van der Waals surface area (Å²) >= 11 is 0. The van der Waals surface area contributed by atoms with Gasteiger partial charge in [-0.2, -0.15) is 5.10 Å². The minimum absolute atomic E-state index is 0.122. The maximum atomic E-state index is 12.4. The van der Waals surface area contributed by atoms with Crippen LogP contribution in [0.5, 0.6) is 5.75 Å². The van der Waals surface area contributed by atoms with E-state index in [0.717, 1.165) is 25.0 Å². The Kier molecular flexibility index (Phi) is 10.7. The van der Waals surface area contributed by atoms with Crippen LogP contribution in [0.1, 0.15) is 34.6 Å². The van der Waals surface area contributed by atoms with Gasteiger partial charge < -0.3 is 25.6 Å². The zero-order valence-electron chi connectivity index (χ0n) is 20.8. The molecule has 15 heteroatoms. The number of carbonyl (C=O) groups excluding carboxylic acids is 2. The lowest BCUT2D eigenvalue weighted by Gasteiger charge is -2.10. The quantitative estimate of drug-likeness (QED) is 0.217. The second-order valence-electron chi connectivity index (χ2n) is 8.60. The molecule has 2 amide bonds. The fraction of sp³-hybridized carbons (Fsp3) is 0.417. The van der Waals surface area contributed by atoms with Gasteiger partial charge in [0.25, 0.3) is 5.91 Å². The summed E-state index contributed by atoms with van der Waals surface area (Å²) in [6, 6.07) is 8.47. The Hall–Kier alpha value is -4.11. The van der Waals surface area contributed by atoms with Crippen LogP contribution in [0.15, 0.2) is 42.6 Å². The molecule has 0 aliphatic rings. The summed E-state index contributed by atoms with van der Waals surface area (Å²) in [5.41, 5.74) is 1.18. The minimum atomic E-state index is -4.82. The largest absolute Gasteiger partial charge is 0.573 e. The van der Waals surface area contributed by atoms with E-state index in [9.17, 15) is 22.8 Å². The highest BCUT2D eigenvalue weighted by molar-refractivity contribution is 5.92. The van der Waals surface area contributed by atoms with Gasteiger partial charge in [0, 0.05) is 32.2 Å². The average Bonchev–Trinajstić information content (AvgIpc) is 3.36. The molecule has 39 heavy (non-hydrogen) atoms. The summed E-state index contributed by atoms with van der Waals surface area (Å²) in [4.78, 5) is 24.3. The highest BCUT2D eigenvalue weighted by Gasteiger charge is 2.31. The molecule has 2 heterocycles. The molecule has 2 aromatic heterocycles. The molecule has 0 fully saturated rings. The molecule has 0 spiro atoms. The third-order valence-electron chi connectivity index (χ3n) is 5.39. The lowest BCUT2D eigenvalue weighted by atomic mass is 10.1. The standard InChI is InChI=1S/C24H28F3N7O5/c25-24(26,27)39-19-6-3-4-16(10-19)11-22(37)29-21-8-7-18(30-32-21)5-1-2-9-34-13-20(31-33-34)23(38)28-12-17(14-35)15-36/h3-4,6-8,10,13,17,35-36H,1-2,5,9,11-12,14-15H2,(H,28,38)(H,29,32,37). The van der Waals surface area contributed by atoms with Crippen LogP contribution in [0.25, 0.3) is 0 Å². The molecule has 0 aliphatic carbocycles. The van der Waals surface area contributed by atoms with E-state index in [-0.39, 0.29) is 37.7 Å². The molecule has 0 aliphatic heterocycles. The predicted molar refractivity (Wildman–Crippen MR) is 130 cm³/mol. The molecule has 3 aromatic rings. The molecule has 3 rings (SSSR count). The van der Waals surface area contributed by atoms with Gasteiger partial charge in [-0.05, 0) is 49.1 Å². The highest BCUT2D eigenvalue weighted by atomic mass is 19.4. The Morgan fingerprint density at radius 1 is 1.05 bits per heavy atom. The molecule has 0 unspecified atom stereocenters. The second-order valence-corrected chi connectivity index (χ2v) is 8.60. The van der Waals surface area contributed by atoms with Gasteiger partial charge in [-0.3, -0.25) is 14.3 Å². The summed E-state index contributed by atoms with van der Waals surface area (Å²) in [5.74, 6) is -1.55. The van der Waals surface area contributed by atoms with Gasteiger partial charge in [-0.15, -0.1) is 23.4 Å². The number of nitrogens with zero attached hydrogens (tertiary/aromatic N) is 5. The third-order valence-corrected chi connectivity index (χ3v) is 5.39. The Balaban J connectivity index is 1.38. The van der Waals surface area contributed by atoms with Gasteiger partial charge in [-0.1, -0.05) is 17.3 Å². The zero-order valence-corrected chi connectivity index (χ0v) is 20.8. The Labute approximate surface area is 221 Å². The lowest BCUT2D eigenvalue weighted by molar-refractivity contribution is -0.274. The predicted octanol–water partition coefficient (Wildman–Crippen LogP) is 1.50. The van der Waals surface area contributed by atoms with Crippen molar-refractivity contribution in [2.45, 2.75) is 38.6 Å². The maximum Gasteiger partial charge on any atom is 0.573 e. The van der Waals surface area contributed by atoms with Crippen molar-refractivity contribution in [3.8, 4) is 5.75 Å². The van der Waals surface area contributed by atoms with Gasteiger partial charge in [0.05, 0.1) is 18.3 Å². The Morgan fingerprint density at radius 2 is 1.85 bits per heavy atom. The Bertz CT molecular complexity index is 1220. The first-order chi connectivity index (χ1) is 18.6. The number of hydrogen-bond acceptors (Lipinski definition) is 9. The number of carbonyl (C=O) groups is 2. The number of unbranched alkanes of at least 4 members (excludes halogenated alkanes) is 1. The summed E-state index contributed by atoms with van der Waals surface area (Å²) in [6.07, 6.45) is -1.40. The van der Waals surface area contributed by atoms with Crippen molar-refractivity contribution in [1.29, 1.82) is 0 Å². The number of ether oxygens (including phenoxy) is 1. The third kappa shape index (κ3) is 10.3. The normalized spacial score (nSPS) is 11.4. The molecule has 0 atom stereocenters. The van der Waals surface area contributed by atoms with Gasteiger partial charge in [0.2, 0.25) is 5.91 Å². The molecule has 0 radical (unpaired) electrons. The number of anilines is 1. The molecule has 0 saturated heterocycles. The van der Waals surface area contributed by atoms with Crippen molar-refractivity contribution in [2.75, 3.05) is 25.1 Å². The second kappa shape index (κ2) is 14.2. The molecular formula is C24H28F3N7O5. The first kappa shape index (κ1) is 29.4. The number of hydrogen-bond donors (Lipinski definition) is 4. The van der Waals surface area contributed by atoms with Crippen LogP contribution in [-0.4, -0.2) is 73.3 Å². The number of halogens is 3. The monoisotopic (exact) mass is 551 g/mol. The van der Waals surface area contributed by atoms with Crippen molar-refractivity contribution < 1.29 is 37.7 Å². The lowest BCUT2D eigenvalue weighted by Crippen LogP contribution is -2.32. The highest BCUT2D eigenvalue weighted by Crippen LogP contribution is 2.23. The number of rotatable bonds is 14. The molecule has 4 N–H and O–H groups in total. The van der Waals surface area contributed by atoms with E-state index >= 15 is 0 Å². The summed E-state index contributed by atoms with van der Waals surface area (Å²) in [6.45, 7) is 0.157. The molecule has 12 nitrogen and oxygen atoms in total. The van der Waals surface area contributed by atoms with Crippen LogP contribution < -0.4 is 15.4 Å². The van der Waals surface area contributed by atoms with E-state index in [2.05, 4.69) is 35.9 Å². The van der Waals surface area contributed by atoms with Crippen molar-refractivity contribution in [2.24, 2.45) is 5.92 Å². The van der Waals surface area contributed by atoms with E-state index in [1.165, 1.54) is 18.3 Å². The molecule has 1 aromatic carbocycles. The molecule has 0 bridgehead atoms. The number of alkyl halides is 3. The van der Waals surface area contributed by atoms with Crippen LogP contribution in [0.3, 0.4) is 0 Å². The van der Waals surface area contributed by atoms with Gasteiger partial charge in [0.1, 0.15) is 5.75 Å². The number of amides is 2. The van der Waals surface area contributed by atoms with E-state index in [0.29, 0.717) is 24.2 Å². The Morgan fingerprint density at radius 3 is 2.54 bits per heavy atom. The zero-order chi connectivity index (χ0) is 28.3. The summed E-state index contributed by atoms with van der Waals surface area (Å²) in [7, 11) is 0. The van der Waals surface area contributed by atoms with E-state index in [4.69, 9.17) is 10.2 Å².